The molecule has 4 nitrogen and oxygen atoms in total. The molecule has 238 valence electrons. The summed E-state index contributed by atoms with van der Waals surface area (Å²) in [5, 5.41) is 2.19. The minimum absolute atomic E-state index is 0.0602. The van der Waals surface area contributed by atoms with Crippen LogP contribution in [0.2, 0.25) is 0 Å². The molecule has 1 aliphatic heterocycles. The highest BCUT2D eigenvalue weighted by atomic mass is 16.5. The second-order valence-corrected chi connectivity index (χ2v) is 13.9. The van der Waals surface area contributed by atoms with E-state index in [0.717, 1.165) is 69.5 Å². The molecule has 6 aromatic rings. The summed E-state index contributed by atoms with van der Waals surface area (Å²) in [5.41, 5.74) is 13.8. The number of hydrogen-bond acceptors (Lipinski definition) is 4. The smallest absolute Gasteiger partial charge is 0.160 e. The van der Waals surface area contributed by atoms with Gasteiger partial charge in [0.05, 0.1) is 17.1 Å². The Labute approximate surface area is 290 Å². The number of benzene rings is 4. The van der Waals surface area contributed by atoms with Gasteiger partial charge in [-0.2, -0.15) is 0 Å². The average Bonchev–Trinajstić information content (AvgIpc) is 3.74. The highest BCUT2D eigenvalue weighted by Crippen LogP contribution is 2.56. The molecule has 3 unspecified atom stereocenters. The van der Waals surface area contributed by atoms with Gasteiger partial charge >= 0.3 is 0 Å². The van der Waals surface area contributed by atoms with E-state index in [4.69, 9.17) is 19.1 Å². The summed E-state index contributed by atoms with van der Waals surface area (Å²) in [6.07, 6.45) is 23.0. The van der Waals surface area contributed by atoms with E-state index in [1.165, 1.54) is 39.0 Å². The van der Waals surface area contributed by atoms with Crippen LogP contribution in [0.15, 0.2) is 149 Å². The molecular weight excluding hydrogens is 613 g/mol. The molecule has 5 aliphatic rings. The molecule has 0 spiro atoms. The first-order valence-electron chi connectivity index (χ1n) is 17.6. The van der Waals surface area contributed by atoms with Crippen LogP contribution in [0.5, 0.6) is 5.75 Å². The summed E-state index contributed by atoms with van der Waals surface area (Å²) < 4.78 is 13.2. The molecule has 0 bridgehead atoms. The van der Waals surface area contributed by atoms with Crippen molar-refractivity contribution in [2.75, 3.05) is 0 Å². The zero-order valence-corrected chi connectivity index (χ0v) is 27.3. The van der Waals surface area contributed by atoms with Gasteiger partial charge in [-0.25, -0.2) is 9.97 Å². The fraction of sp³-hybridized carbons (Fsp3) is 0.130. The van der Waals surface area contributed by atoms with Crippen LogP contribution >= 0.6 is 0 Å². The fourth-order valence-corrected chi connectivity index (χ4v) is 8.65. The van der Waals surface area contributed by atoms with Gasteiger partial charge in [-0.3, -0.25) is 0 Å². The number of rotatable bonds is 3. The largest absolute Gasteiger partial charge is 0.484 e. The van der Waals surface area contributed by atoms with Crippen molar-refractivity contribution < 1.29 is 9.15 Å². The van der Waals surface area contributed by atoms with Crippen LogP contribution in [-0.4, -0.2) is 9.97 Å². The molecule has 4 aliphatic carbocycles. The molecular formula is C46H32N2O2. The van der Waals surface area contributed by atoms with Crippen molar-refractivity contribution in [1.82, 2.24) is 9.97 Å². The van der Waals surface area contributed by atoms with Gasteiger partial charge < -0.3 is 9.15 Å². The van der Waals surface area contributed by atoms with Gasteiger partial charge in [0.15, 0.2) is 5.82 Å². The minimum atomic E-state index is -0.0602. The molecule has 0 saturated carbocycles. The van der Waals surface area contributed by atoms with E-state index in [1.807, 2.05) is 0 Å². The first-order chi connectivity index (χ1) is 24.7. The van der Waals surface area contributed by atoms with Crippen molar-refractivity contribution in [3.8, 4) is 28.4 Å². The Balaban J connectivity index is 1.04. The van der Waals surface area contributed by atoms with Crippen LogP contribution in [-0.2, 0) is 6.42 Å². The highest BCUT2D eigenvalue weighted by molar-refractivity contribution is 5.97. The third-order valence-corrected chi connectivity index (χ3v) is 11.1. The summed E-state index contributed by atoms with van der Waals surface area (Å²) in [5.74, 6) is 3.11. The standard InChI is InChI=1S/C46H32N2O2/c1-2-10-27(11-3-1)35-23-30-14-6-7-15-33(30)45-43(35)38-25-32(19-21-41(38)50-45)46-47-39-17-9-8-16-34(39)44(48-46)31-18-20-40-36(24-31)37-22-28-12-4-5-13-29(28)26-42(37)49-40/h1-2,4-10,12-21,23-26,28,43,45H,3,11,22H2. The number of hydrogen-bond donors (Lipinski definition) is 0. The Bertz CT molecular complexity index is 2630. The summed E-state index contributed by atoms with van der Waals surface area (Å²) in [6, 6.07) is 30.0. The zero-order chi connectivity index (χ0) is 32.8. The van der Waals surface area contributed by atoms with Crippen molar-refractivity contribution in [3.05, 3.63) is 172 Å². The highest BCUT2D eigenvalue weighted by Gasteiger charge is 2.42. The Morgan fingerprint density at radius 3 is 2.64 bits per heavy atom. The normalized spacial score (nSPS) is 21.0. The second-order valence-electron chi connectivity index (χ2n) is 13.9. The summed E-state index contributed by atoms with van der Waals surface area (Å²) in [4.78, 5) is 10.5. The van der Waals surface area contributed by atoms with Gasteiger partial charge in [-0.05, 0) is 90.1 Å². The number of nitrogens with zero attached hydrogens (tertiary/aromatic N) is 2. The molecule has 0 saturated heterocycles. The Morgan fingerprint density at radius 1 is 0.760 bits per heavy atom. The first kappa shape index (κ1) is 27.9. The molecule has 0 N–H and O–H groups in total. The van der Waals surface area contributed by atoms with Gasteiger partial charge in [0.1, 0.15) is 23.2 Å². The summed E-state index contributed by atoms with van der Waals surface area (Å²) in [7, 11) is 0. The average molecular weight is 645 g/mol. The van der Waals surface area contributed by atoms with E-state index in [1.54, 1.807) is 0 Å². The lowest BCUT2D eigenvalue weighted by Crippen LogP contribution is -2.18. The van der Waals surface area contributed by atoms with E-state index < -0.39 is 0 Å². The topological polar surface area (TPSA) is 48.2 Å². The number of allylic oxidation sites excluding steroid dienone is 9. The lowest BCUT2D eigenvalue weighted by Gasteiger charge is -2.30. The third kappa shape index (κ3) is 4.24. The van der Waals surface area contributed by atoms with E-state index in [0.29, 0.717) is 11.7 Å². The number of aromatic nitrogens is 2. The van der Waals surface area contributed by atoms with E-state index in [-0.39, 0.29) is 12.0 Å². The quantitative estimate of drug-likeness (QED) is 0.192. The van der Waals surface area contributed by atoms with Crippen molar-refractivity contribution >= 4 is 34.0 Å². The maximum absolute atomic E-state index is 6.78. The Hall–Kier alpha value is -6.00. The van der Waals surface area contributed by atoms with Gasteiger partial charge in [0.2, 0.25) is 0 Å². The van der Waals surface area contributed by atoms with Crippen molar-refractivity contribution in [1.29, 1.82) is 0 Å². The maximum Gasteiger partial charge on any atom is 0.160 e. The lowest BCUT2D eigenvalue weighted by atomic mass is 9.74. The number of para-hydroxylation sites is 1. The summed E-state index contributed by atoms with van der Waals surface area (Å²) in [6.45, 7) is 0. The van der Waals surface area contributed by atoms with Gasteiger partial charge in [0, 0.05) is 44.5 Å². The molecule has 0 radical (unpaired) electrons. The van der Waals surface area contributed by atoms with Gasteiger partial charge in [-0.1, -0.05) is 91.1 Å². The van der Waals surface area contributed by atoms with Crippen LogP contribution < -0.4 is 4.74 Å². The van der Waals surface area contributed by atoms with E-state index in [9.17, 15) is 0 Å². The first-order valence-corrected chi connectivity index (χ1v) is 17.6. The van der Waals surface area contributed by atoms with Crippen LogP contribution in [0.25, 0.3) is 56.7 Å². The van der Waals surface area contributed by atoms with Crippen LogP contribution in [0, 0.1) is 5.92 Å². The van der Waals surface area contributed by atoms with Crippen molar-refractivity contribution in [2.45, 2.75) is 31.3 Å². The monoisotopic (exact) mass is 644 g/mol. The third-order valence-electron chi connectivity index (χ3n) is 11.1. The predicted octanol–water partition coefficient (Wildman–Crippen LogP) is 11.3. The predicted molar refractivity (Wildman–Crippen MR) is 201 cm³/mol. The molecule has 4 heteroatoms. The van der Waals surface area contributed by atoms with E-state index >= 15 is 0 Å². The van der Waals surface area contributed by atoms with E-state index in [2.05, 4.69) is 140 Å². The SMILES string of the molecule is C1=CCCC(C2=Cc3ccccc3C3Oc4ccc(-c5nc(-c6ccc7oc8c(c7c6)CC6C=CC=CC6=C8)c6ccccc6n5)cc4C23)=C1. The number of fused-ring (bicyclic) bond motifs is 10. The summed E-state index contributed by atoms with van der Waals surface area (Å²) >= 11 is 0. The molecule has 50 heavy (non-hydrogen) atoms. The molecule has 0 fully saturated rings. The fourth-order valence-electron chi connectivity index (χ4n) is 8.65. The van der Waals surface area contributed by atoms with Crippen molar-refractivity contribution in [2.24, 2.45) is 5.92 Å². The van der Waals surface area contributed by atoms with Gasteiger partial charge in [0.25, 0.3) is 0 Å². The maximum atomic E-state index is 6.78. The van der Waals surface area contributed by atoms with Crippen LogP contribution in [0.1, 0.15) is 52.9 Å². The molecule has 3 atom stereocenters. The number of ether oxygens (including phenoxy) is 1. The molecule has 2 aromatic heterocycles. The molecule has 0 amide bonds. The Kier molecular flexibility index (Phi) is 6.00. The van der Waals surface area contributed by atoms with Crippen LogP contribution in [0.4, 0.5) is 0 Å². The molecule has 4 aromatic carbocycles. The Morgan fingerprint density at radius 2 is 1.68 bits per heavy atom. The zero-order valence-electron chi connectivity index (χ0n) is 27.3. The van der Waals surface area contributed by atoms with Gasteiger partial charge in [-0.15, -0.1) is 0 Å². The van der Waals surface area contributed by atoms with Crippen LogP contribution in [0.3, 0.4) is 0 Å². The second kappa shape index (κ2) is 10.8. The molecule has 11 rings (SSSR count). The molecule has 3 heterocycles. The lowest BCUT2D eigenvalue weighted by molar-refractivity contribution is 0.220. The minimum Gasteiger partial charge on any atom is -0.484 e. The number of furan rings is 1. The van der Waals surface area contributed by atoms with Crippen molar-refractivity contribution in [3.63, 3.8) is 0 Å².